The van der Waals surface area contributed by atoms with Gasteiger partial charge in [-0.15, -0.1) is 5.10 Å². The van der Waals surface area contributed by atoms with Gasteiger partial charge in [0.2, 0.25) is 5.79 Å². The first-order valence-electron chi connectivity index (χ1n) is 25.0. The van der Waals surface area contributed by atoms with E-state index in [1.165, 1.54) is 12.0 Å². The van der Waals surface area contributed by atoms with Gasteiger partial charge in [-0.25, -0.2) is 9.48 Å². The number of aliphatic hydroxyl groups excluding tert-OH is 1. The maximum atomic E-state index is 14.5. The molecule has 7 unspecified atom stereocenters. The topological polar surface area (TPSA) is 219 Å². The first-order valence-corrected chi connectivity index (χ1v) is 25.0. The monoisotopic (exact) mass is 966 g/mol. The third kappa shape index (κ3) is 14.2. The van der Waals surface area contributed by atoms with E-state index in [4.69, 9.17) is 23.7 Å². The Bertz CT molecular complexity index is 2020. The number of nitrogens with zero attached hydrogens (tertiary/aromatic N) is 5. The van der Waals surface area contributed by atoms with Crippen LogP contribution in [0.3, 0.4) is 0 Å². The molecule has 0 radical (unpaired) electrons. The molecule has 2 bridgehead atoms. The summed E-state index contributed by atoms with van der Waals surface area (Å²) in [6.45, 7) is 12.8. The van der Waals surface area contributed by atoms with Crippen LogP contribution in [-0.2, 0) is 47.7 Å². The van der Waals surface area contributed by atoms with Crippen molar-refractivity contribution in [3.8, 4) is 0 Å². The number of tetrazole rings is 1. The van der Waals surface area contributed by atoms with Crippen LogP contribution in [0.2, 0.25) is 0 Å². The van der Waals surface area contributed by atoms with Crippen LogP contribution in [0, 0.1) is 35.5 Å². The fourth-order valence-electron chi connectivity index (χ4n) is 10.7. The molecule has 2 N–H and O–H groups in total. The molecule has 4 heterocycles. The first-order chi connectivity index (χ1) is 32.8. The summed E-state index contributed by atoms with van der Waals surface area (Å²) in [5.74, 6) is -7.92. The molecule has 1 saturated carbocycles. The SMILES string of the molecule is COC1CC2CC[C@@H](C)[C@@](O)(O2)C(=O)C(=O)N2CCCC[C@H]2C(=O)OC(C(C)C[C@@H]2CC[C@H](n3cnnn3)[C@H](OC)C2)CC(=O)C(C)/C=C(\C)[C@@H](O)C(OC)C(=O)[C@H](C)CC(C)/C=C/C=C/C=C/1C. The molecule has 15 atom stereocenters. The molecule has 0 aromatic carbocycles. The minimum Gasteiger partial charge on any atom is -0.460 e. The van der Waals surface area contributed by atoms with Crippen molar-refractivity contribution in [3.63, 3.8) is 0 Å². The van der Waals surface area contributed by atoms with E-state index in [1.54, 1.807) is 52.1 Å². The number of allylic oxidation sites excluding steroid dienone is 6. The average molecular weight is 966 g/mol. The summed E-state index contributed by atoms with van der Waals surface area (Å²) in [5, 5.41) is 35.2. The summed E-state index contributed by atoms with van der Waals surface area (Å²) >= 11 is 0. The lowest BCUT2D eigenvalue weighted by molar-refractivity contribution is -0.265. The second kappa shape index (κ2) is 25.7. The number of cyclic esters (lactones) is 1. The Morgan fingerprint density at radius 3 is 2.32 bits per heavy atom. The molecule has 1 aromatic rings. The zero-order valence-electron chi connectivity index (χ0n) is 42.5. The number of aliphatic hydroxyl groups is 2. The van der Waals surface area contributed by atoms with Gasteiger partial charge in [0.05, 0.1) is 24.4 Å². The van der Waals surface area contributed by atoms with E-state index in [1.807, 2.05) is 58.1 Å². The van der Waals surface area contributed by atoms with E-state index in [2.05, 4.69) is 15.5 Å². The maximum absolute atomic E-state index is 14.5. The van der Waals surface area contributed by atoms with Crippen LogP contribution in [0.5, 0.6) is 0 Å². The largest absolute Gasteiger partial charge is 0.460 e. The van der Waals surface area contributed by atoms with Crippen molar-refractivity contribution >= 4 is 29.2 Å². The molecule has 5 rings (SSSR count). The number of fused-ring (bicyclic) bond motifs is 3. The van der Waals surface area contributed by atoms with Crippen molar-refractivity contribution in [1.29, 1.82) is 0 Å². The predicted octanol–water partition coefficient (Wildman–Crippen LogP) is 6.05. The molecule has 384 valence electrons. The van der Waals surface area contributed by atoms with E-state index < -0.39 is 77.8 Å². The van der Waals surface area contributed by atoms with Gasteiger partial charge in [0, 0.05) is 58.5 Å². The molecule has 1 aliphatic carbocycles. The lowest BCUT2D eigenvalue weighted by Gasteiger charge is -2.42. The number of amides is 1. The Labute approximate surface area is 408 Å². The number of ketones is 3. The Morgan fingerprint density at radius 2 is 1.64 bits per heavy atom. The summed E-state index contributed by atoms with van der Waals surface area (Å²) in [7, 11) is 4.62. The van der Waals surface area contributed by atoms with Crippen LogP contribution in [0.25, 0.3) is 0 Å². The highest BCUT2D eigenvalue weighted by Gasteiger charge is 2.53. The number of ether oxygens (including phenoxy) is 5. The van der Waals surface area contributed by atoms with E-state index >= 15 is 0 Å². The average Bonchev–Trinajstić information content (AvgIpc) is 3.88. The quantitative estimate of drug-likeness (QED) is 0.181. The van der Waals surface area contributed by atoms with E-state index in [-0.39, 0.29) is 60.9 Å². The molecule has 3 aliphatic heterocycles. The molecular weight excluding hydrogens is 887 g/mol. The number of carbonyl (C=O) groups is 5. The number of esters is 1. The smallest absolute Gasteiger partial charge is 0.329 e. The van der Waals surface area contributed by atoms with E-state index in [0.29, 0.717) is 56.9 Å². The molecular formula is C52H79N5O12. The fraction of sp³-hybridized carbons (Fsp3) is 0.731. The van der Waals surface area contributed by atoms with Crippen molar-refractivity contribution in [1.82, 2.24) is 25.1 Å². The Balaban J connectivity index is 1.46. The number of methoxy groups -OCH3 is 3. The highest BCUT2D eigenvalue weighted by molar-refractivity contribution is 6.39. The fourth-order valence-corrected chi connectivity index (χ4v) is 10.7. The van der Waals surface area contributed by atoms with Crippen molar-refractivity contribution < 1.29 is 57.9 Å². The van der Waals surface area contributed by atoms with Gasteiger partial charge in [-0.2, -0.15) is 0 Å². The van der Waals surface area contributed by atoms with Gasteiger partial charge >= 0.3 is 5.97 Å². The number of rotatable bonds is 7. The first kappa shape index (κ1) is 55.7. The van der Waals surface area contributed by atoms with Gasteiger partial charge in [0.1, 0.15) is 36.5 Å². The second-order valence-corrected chi connectivity index (χ2v) is 20.4. The number of hydrogen-bond donors (Lipinski definition) is 2. The molecule has 2 saturated heterocycles. The van der Waals surface area contributed by atoms with Gasteiger partial charge in [0.25, 0.3) is 11.7 Å². The van der Waals surface area contributed by atoms with E-state index in [9.17, 15) is 34.2 Å². The van der Waals surface area contributed by atoms with Gasteiger partial charge in [-0.05, 0) is 117 Å². The molecule has 1 aromatic heterocycles. The van der Waals surface area contributed by atoms with Crippen LogP contribution in [0.1, 0.15) is 132 Å². The molecule has 17 heteroatoms. The third-order valence-corrected chi connectivity index (χ3v) is 15.2. The zero-order chi connectivity index (χ0) is 50.6. The molecule has 17 nitrogen and oxygen atoms in total. The maximum Gasteiger partial charge on any atom is 0.329 e. The van der Waals surface area contributed by atoms with Gasteiger partial charge < -0.3 is 38.8 Å². The van der Waals surface area contributed by atoms with Crippen LogP contribution >= 0.6 is 0 Å². The normalized spacial score (nSPS) is 38.8. The minimum atomic E-state index is -2.43. The van der Waals surface area contributed by atoms with Crippen molar-refractivity contribution in [2.75, 3.05) is 27.9 Å². The van der Waals surface area contributed by atoms with Crippen LogP contribution in [0.4, 0.5) is 0 Å². The number of aromatic nitrogens is 4. The molecule has 3 fully saturated rings. The van der Waals surface area contributed by atoms with Crippen molar-refractivity contribution in [3.05, 3.63) is 53.9 Å². The van der Waals surface area contributed by atoms with Gasteiger partial charge in [-0.1, -0.05) is 71.1 Å². The third-order valence-electron chi connectivity index (χ3n) is 15.2. The minimum absolute atomic E-state index is 0.0170. The molecule has 69 heavy (non-hydrogen) atoms. The van der Waals surface area contributed by atoms with Crippen LogP contribution in [0.15, 0.2) is 53.9 Å². The lowest BCUT2D eigenvalue weighted by atomic mass is 9.77. The Kier molecular flexibility index (Phi) is 20.8. The number of carbonyl (C=O) groups excluding carboxylic acids is 5. The summed E-state index contributed by atoms with van der Waals surface area (Å²) in [5.41, 5.74) is 1.27. The molecule has 0 spiro atoms. The molecule has 1 amide bonds. The summed E-state index contributed by atoms with van der Waals surface area (Å²) in [6.07, 6.45) is 13.9. The van der Waals surface area contributed by atoms with Crippen LogP contribution < -0.4 is 0 Å². The lowest BCUT2D eigenvalue weighted by Crippen LogP contribution is -2.61. The highest BCUT2D eigenvalue weighted by Crippen LogP contribution is 2.39. The van der Waals surface area contributed by atoms with Crippen molar-refractivity contribution in [2.45, 2.75) is 180 Å². The van der Waals surface area contributed by atoms with E-state index in [0.717, 1.165) is 18.4 Å². The number of hydrogen-bond acceptors (Lipinski definition) is 15. The van der Waals surface area contributed by atoms with Gasteiger partial charge in [0.15, 0.2) is 5.78 Å². The summed E-state index contributed by atoms with van der Waals surface area (Å²) in [4.78, 5) is 72.3. The highest BCUT2D eigenvalue weighted by atomic mass is 16.6. The van der Waals surface area contributed by atoms with Crippen LogP contribution in [-0.4, -0.2) is 141 Å². The predicted molar refractivity (Wildman–Crippen MR) is 256 cm³/mol. The Morgan fingerprint density at radius 1 is 0.884 bits per heavy atom. The van der Waals surface area contributed by atoms with Gasteiger partial charge in [-0.3, -0.25) is 19.2 Å². The number of Topliss-reactive ketones (excluding diaryl/α,β-unsaturated/α-hetero) is 3. The second-order valence-electron chi connectivity index (χ2n) is 20.4. The molecule has 4 aliphatic rings. The standard InChI is InChI=1S/C52H79N5O12/c1-31-16-12-11-13-17-32(2)43(65-8)28-39-21-19-37(7)52(64,69-39)49(61)50(62)56-23-15-14-18-41(56)51(63)68-44(34(4)26-38-20-22-40(45(27-38)66-9)57-30-53-54-55-57)29-42(58)33(3)25-36(6)47(60)48(67-10)46(59)35(5)24-31/h11-13,16-17,25,30-31,33-35,37-41,43-45,47-48,60,64H,14-15,18-24,26-29H2,1-10H3/b13-11+,16-12+,32-17+,36-25+/t31?,33?,34?,35-,37-,38+,39?,40+,41+,43?,44?,45-,47-,48?,52-/m1/s1. The zero-order valence-corrected chi connectivity index (χ0v) is 42.5. The van der Waals surface area contributed by atoms with Crippen molar-refractivity contribution in [2.24, 2.45) is 35.5 Å². The summed E-state index contributed by atoms with van der Waals surface area (Å²) in [6, 6.07) is -1.19. The number of piperidine rings is 1. The Hall–Kier alpha value is -4.26. The summed E-state index contributed by atoms with van der Waals surface area (Å²) < 4.78 is 31.6.